The van der Waals surface area contributed by atoms with Gasteiger partial charge in [-0.05, 0) is 36.5 Å². The third kappa shape index (κ3) is 6.64. The molecule has 7 heteroatoms. The van der Waals surface area contributed by atoms with Crippen molar-refractivity contribution in [3.05, 3.63) is 40.4 Å². The van der Waals surface area contributed by atoms with Crippen LogP contribution in [0, 0.1) is 6.92 Å². The molecule has 1 aromatic carbocycles. The van der Waals surface area contributed by atoms with Crippen molar-refractivity contribution in [3.8, 4) is 5.75 Å². The van der Waals surface area contributed by atoms with Gasteiger partial charge in [0.15, 0.2) is 5.13 Å². The first-order valence-electron chi connectivity index (χ1n) is 9.25. The van der Waals surface area contributed by atoms with Gasteiger partial charge in [0, 0.05) is 11.3 Å². The highest BCUT2D eigenvalue weighted by Gasteiger charge is 2.14. The van der Waals surface area contributed by atoms with Gasteiger partial charge >= 0.3 is 5.97 Å². The summed E-state index contributed by atoms with van der Waals surface area (Å²) < 4.78 is 10.4. The largest absolute Gasteiger partial charge is 0.494 e. The zero-order valence-electron chi connectivity index (χ0n) is 17.1. The molecule has 6 nitrogen and oxygen atoms in total. The van der Waals surface area contributed by atoms with Crippen molar-refractivity contribution in [1.82, 2.24) is 4.98 Å². The fraction of sp³-hybridized carbons (Fsp3) is 0.476. The van der Waals surface area contributed by atoms with E-state index in [1.165, 1.54) is 24.0 Å². The predicted octanol–water partition coefficient (Wildman–Crippen LogP) is 4.26. The lowest BCUT2D eigenvalue weighted by Gasteiger charge is -2.19. The van der Waals surface area contributed by atoms with Gasteiger partial charge in [0.05, 0.1) is 25.8 Å². The van der Waals surface area contributed by atoms with Gasteiger partial charge in [-0.15, -0.1) is 11.3 Å². The molecule has 0 radical (unpaired) electrons. The van der Waals surface area contributed by atoms with Gasteiger partial charge in [0.2, 0.25) is 5.91 Å². The van der Waals surface area contributed by atoms with Crippen molar-refractivity contribution >= 4 is 28.3 Å². The van der Waals surface area contributed by atoms with E-state index in [0.29, 0.717) is 24.6 Å². The molecule has 0 spiro atoms. The van der Waals surface area contributed by atoms with Crippen LogP contribution in [-0.4, -0.2) is 30.6 Å². The molecular weight excluding hydrogens is 376 g/mol. The van der Waals surface area contributed by atoms with E-state index >= 15 is 0 Å². The number of ether oxygens (including phenoxy) is 2. The Hall–Kier alpha value is -2.41. The van der Waals surface area contributed by atoms with Crippen LogP contribution in [0.3, 0.4) is 0 Å². The number of carbonyl (C=O) groups is 2. The maximum absolute atomic E-state index is 12.1. The van der Waals surface area contributed by atoms with E-state index in [9.17, 15) is 9.59 Å². The summed E-state index contributed by atoms with van der Waals surface area (Å²) in [6, 6.07) is 8.06. The molecule has 1 aromatic heterocycles. The number of amides is 1. The Balaban J connectivity index is 1.74. The number of hydrogen-bond donors (Lipinski definition) is 1. The average Bonchev–Trinajstić information content (AvgIpc) is 2.97. The normalized spacial score (nSPS) is 11.2. The molecule has 1 N–H and O–H groups in total. The Bertz CT molecular complexity index is 807. The van der Waals surface area contributed by atoms with Gasteiger partial charge in [-0.3, -0.25) is 9.59 Å². The molecule has 2 aromatic rings. The number of benzene rings is 1. The fourth-order valence-corrected chi connectivity index (χ4v) is 3.47. The van der Waals surface area contributed by atoms with Crippen molar-refractivity contribution in [2.45, 2.75) is 52.4 Å². The first-order valence-corrected chi connectivity index (χ1v) is 10.1. The number of methoxy groups -OCH3 is 1. The van der Waals surface area contributed by atoms with Crippen LogP contribution in [0.4, 0.5) is 5.13 Å². The van der Waals surface area contributed by atoms with Crippen molar-refractivity contribution in [2.24, 2.45) is 0 Å². The first kappa shape index (κ1) is 21.9. The predicted molar refractivity (Wildman–Crippen MR) is 111 cm³/mol. The van der Waals surface area contributed by atoms with Crippen LogP contribution in [0.5, 0.6) is 5.75 Å². The highest BCUT2D eigenvalue weighted by Crippen LogP contribution is 2.25. The maximum Gasteiger partial charge on any atom is 0.310 e. The van der Waals surface area contributed by atoms with E-state index in [1.54, 1.807) is 0 Å². The summed E-state index contributed by atoms with van der Waals surface area (Å²) in [4.78, 5) is 28.6. The molecule has 0 fully saturated rings. The van der Waals surface area contributed by atoms with Crippen molar-refractivity contribution in [2.75, 3.05) is 19.0 Å². The molecule has 0 aliphatic rings. The van der Waals surface area contributed by atoms with Crippen LogP contribution in [-0.2, 0) is 26.2 Å². The van der Waals surface area contributed by atoms with E-state index in [2.05, 4.69) is 47.9 Å². The zero-order chi connectivity index (χ0) is 20.7. The minimum atomic E-state index is -0.322. The average molecular weight is 405 g/mol. The number of carbonyl (C=O) groups excluding carboxylic acids is 2. The summed E-state index contributed by atoms with van der Waals surface area (Å²) in [7, 11) is 1.35. The number of anilines is 1. The summed E-state index contributed by atoms with van der Waals surface area (Å²) in [6.45, 7) is 8.79. The monoisotopic (exact) mass is 404 g/mol. The summed E-state index contributed by atoms with van der Waals surface area (Å²) in [5.74, 6) is 0.360. The number of thiazole rings is 1. The summed E-state index contributed by atoms with van der Waals surface area (Å²) >= 11 is 1.30. The standard InChI is InChI=1S/C21H28N2O4S/c1-14-17(13-19(25)26-5)28-20(22-14)23-18(24)7-6-12-27-16-10-8-15(9-11-16)21(2,3)4/h8-11H,6-7,12-13H2,1-5H3,(H,22,23,24). The van der Waals surface area contributed by atoms with Gasteiger partial charge < -0.3 is 14.8 Å². The van der Waals surface area contributed by atoms with Crippen molar-refractivity contribution in [3.63, 3.8) is 0 Å². The van der Waals surface area contributed by atoms with Gasteiger partial charge in [-0.1, -0.05) is 32.9 Å². The molecule has 0 aliphatic heterocycles. The number of nitrogens with one attached hydrogen (secondary N) is 1. The summed E-state index contributed by atoms with van der Waals surface area (Å²) in [6.07, 6.45) is 1.11. The van der Waals surface area contributed by atoms with Crippen LogP contribution in [0.15, 0.2) is 24.3 Å². The molecule has 0 saturated carbocycles. The van der Waals surface area contributed by atoms with Crippen molar-refractivity contribution in [1.29, 1.82) is 0 Å². The Morgan fingerprint density at radius 1 is 1.18 bits per heavy atom. The number of aryl methyl sites for hydroxylation is 1. The lowest BCUT2D eigenvalue weighted by molar-refractivity contribution is -0.139. The third-order valence-electron chi connectivity index (χ3n) is 4.21. The second kappa shape index (κ2) is 9.68. The lowest BCUT2D eigenvalue weighted by Crippen LogP contribution is -2.13. The molecule has 2 rings (SSSR count). The highest BCUT2D eigenvalue weighted by molar-refractivity contribution is 7.16. The summed E-state index contributed by atoms with van der Waals surface area (Å²) in [5, 5.41) is 3.28. The van der Waals surface area contributed by atoms with Crippen LogP contribution in [0.25, 0.3) is 0 Å². The number of nitrogens with zero attached hydrogens (tertiary/aromatic N) is 1. The first-order chi connectivity index (χ1) is 13.2. The molecule has 1 heterocycles. The Kier molecular flexibility index (Phi) is 7.57. The number of esters is 1. The number of aromatic nitrogens is 1. The van der Waals surface area contributed by atoms with Gasteiger partial charge in [-0.25, -0.2) is 4.98 Å². The minimum Gasteiger partial charge on any atom is -0.494 e. The van der Waals surface area contributed by atoms with E-state index in [0.717, 1.165) is 16.3 Å². The van der Waals surface area contributed by atoms with Crippen molar-refractivity contribution < 1.29 is 19.1 Å². The topological polar surface area (TPSA) is 77.5 Å². The van der Waals surface area contributed by atoms with E-state index in [4.69, 9.17) is 4.74 Å². The Morgan fingerprint density at radius 2 is 1.86 bits per heavy atom. The lowest BCUT2D eigenvalue weighted by atomic mass is 9.87. The zero-order valence-corrected chi connectivity index (χ0v) is 17.9. The smallest absolute Gasteiger partial charge is 0.310 e. The number of hydrogen-bond acceptors (Lipinski definition) is 6. The van der Waals surface area contributed by atoms with Crippen LogP contribution in [0.2, 0.25) is 0 Å². The maximum atomic E-state index is 12.1. The third-order valence-corrected chi connectivity index (χ3v) is 5.28. The molecule has 0 saturated heterocycles. The highest BCUT2D eigenvalue weighted by atomic mass is 32.1. The Morgan fingerprint density at radius 3 is 2.46 bits per heavy atom. The molecular formula is C21H28N2O4S. The van der Waals surface area contributed by atoms with Gasteiger partial charge in [0.25, 0.3) is 0 Å². The molecule has 0 aliphatic carbocycles. The second-order valence-corrected chi connectivity index (χ2v) is 8.64. The van der Waals surface area contributed by atoms with Gasteiger partial charge in [-0.2, -0.15) is 0 Å². The van der Waals surface area contributed by atoms with Crippen LogP contribution < -0.4 is 10.1 Å². The fourth-order valence-electron chi connectivity index (χ4n) is 2.50. The second-order valence-electron chi connectivity index (χ2n) is 7.56. The quantitative estimate of drug-likeness (QED) is 0.525. The van der Waals surface area contributed by atoms with E-state index in [1.807, 2.05) is 19.1 Å². The van der Waals surface area contributed by atoms with Gasteiger partial charge in [0.1, 0.15) is 5.75 Å². The molecule has 0 bridgehead atoms. The Labute approximate surface area is 170 Å². The van der Waals surface area contributed by atoms with Crippen LogP contribution in [0.1, 0.15) is 49.7 Å². The van der Waals surface area contributed by atoms with Crippen LogP contribution >= 0.6 is 11.3 Å². The molecule has 0 unspecified atom stereocenters. The molecule has 152 valence electrons. The molecule has 28 heavy (non-hydrogen) atoms. The minimum absolute atomic E-state index is 0.113. The van der Waals surface area contributed by atoms with E-state index in [-0.39, 0.29) is 23.7 Å². The number of rotatable bonds is 8. The SMILES string of the molecule is COC(=O)Cc1sc(NC(=O)CCCOc2ccc(C(C)(C)C)cc2)nc1C. The summed E-state index contributed by atoms with van der Waals surface area (Å²) in [5.41, 5.74) is 2.10. The molecule has 1 amide bonds. The molecule has 0 atom stereocenters. The van der Waals surface area contributed by atoms with E-state index < -0.39 is 0 Å².